The summed E-state index contributed by atoms with van der Waals surface area (Å²) < 4.78 is 7.46. The molecule has 2 saturated heterocycles. The smallest absolute Gasteiger partial charge is 0.274 e. The summed E-state index contributed by atoms with van der Waals surface area (Å²) in [6.07, 6.45) is 5.38. The van der Waals surface area contributed by atoms with Gasteiger partial charge in [-0.1, -0.05) is 0 Å². The summed E-state index contributed by atoms with van der Waals surface area (Å²) in [7, 11) is 1.78. The maximum absolute atomic E-state index is 12.7. The van der Waals surface area contributed by atoms with E-state index in [0.29, 0.717) is 37.6 Å². The highest BCUT2D eigenvalue weighted by Crippen LogP contribution is 2.23. The Morgan fingerprint density at radius 3 is 3.09 bits per heavy atom. The van der Waals surface area contributed by atoms with Crippen LogP contribution in [0.3, 0.4) is 0 Å². The first-order chi connectivity index (χ1) is 11.1. The summed E-state index contributed by atoms with van der Waals surface area (Å²) in [5.74, 6) is 0.393. The van der Waals surface area contributed by atoms with E-state index in [9.17, 15) is 9.59 Å². The third kappa shape index (κ3) is 2.35. The van der Waals surface area contributed by atoms with E-state index < -0.39 is 0 Å². The molecule has 2 atom stereocenters. The molecule has 2 fully saturated rings. The van der Waals surface area contributed by atoms with Gasteiger partial charge in [-0.2, -0.15) is 0 Å². The Hall–Kier alpha value is -2.48. The van der Waals surface area contributed by atoms with Gasteiger partial charge in [0.2, 0.25) is 11.7 Å². The average molecular weight is 315 g/mol. The Labute approximate surface area is 132 Å². The number of carbonyl (C=O) groups is 2. The lowest BCUT2D eigenvalue weighted by Gasteiger charge is -2.24. The van der Waals surface area contributed by atoms with Gasteiger partial charge in [-0.25, -0.2) is 9.97 Å². The van der Waals surface area contributed by atoms with Crippen molar-refractivity contribution in [2.24, 2.45) is 0 Å². The molecule has 0 bridgehead atoms. The first-order valence-corrected chi connectivity index (χ1v) is 7.60. The number of carbonyl (C=O) groups excluding carboxylic acids is 2. The van der Waals surface area contributed by atoms with E-state index in [4.69, 9.17) is 4.74 Å². The Bertz CT molecular complexity index is 740. The SMILES string of the molecule is CN1C(=O)CCO[C@H]2CN(C(=O)c3cn4cccnc4n3)C[C@@H]21. The number of hydrogen-bond donors (Lipinski definition) is 0. The minimum Gasteiger partial charge on any atom is -0.374 e. The highest BCUT2D eigenvalue weighted by Gasteiger charge is 2.42. The average Bonchev–Trinajstić information content (AvgIpc) is 3.14. The molecule has 8 nitrogen and oxygen atoms in total. The van der Waals surface area contributed by atoms with E-state index in [1.54, 1.807) is 45.9 Å². The lowest BCUT2D eigenvalue weighted by atomic mass is 10.2. The topological polar surface area (TPSA) is 80.0 Å². The van der Waals surface area contributed by atoms with Crippen molar-refractivity contribution in [1.29, 1.82) is 0 Å². The predicted molar refractivity (Wildman–Crippen MR) is 79.8 cm³/mol. The lowest BCUT2D eigenvalue weighted by molar-refractivity contribution is -0.131. The minimum absolute atomic E-state index is 0.0590. The molecule has 2 aliphatic rings. The molecule has 8 heteroatoms. The number of imidazole rings is 1. The maximum Gasteiger partial charge on any atom is 0.274 e. The Balaban J connectivity index is 1.57. The van der Waals surface area contributed by atoms with Gasteiger partial charge >= 0.3 is 0 Å². The number of rotatable bonds is 1. The number of likely N-dealkylation sites (N-methyl/N-ethyl adjacent to an activating group) is 1. The van der Waals surface area contributed by atoms with Gasteiger partial charge in [-0.3, -0.25) is 14.0 Å². The van der Waals surface area contributed by atoms with Gasteiger partial charge < -0.3 is 14.5 Å². The van der Waals surface area contributed by atoms with Crippen LogP contribution in [-0.4, -0.2) is 74.9 Å². The number of fused-ring (bicyclic) bond motifs is 2. The summed E-state index contributed by atoms with van der Waals surface area (Å²) in [6, 6.07) is 1.69. The Kier molecular flexibility index (Phi) is 3.26. The third-order valence-electron chi connectivity index (χ3n) is 4.52. The third-order valence-corrected chi connectivity index (χ3v) is 4.52. The molecular weight excluding hydrogens is 298 g/mol. The van der Waals surface area contributed by atoms with Gasteiger partial charge in [0.25, 0.3) is 5.91 Å². The van der Waals surface area contributed by atoms with Gasteiger partial charge in [-0.15, -0.1) is 0 Å². The van der Waals surface area contributed by atoms with E-state index in [0.717, 1.165) is 0 Å². The molecule has 4 heterocycles. The molecule has 0 spiro atoms. The zero-order chi connectivity index (χ0) is 16.0. The van der Waals surface area contributed by atoms with Gasteiger partial charge in [0.05, 0.1) is 25.2 Å². The van der Waals surface area contributed by atoms with E-state index in [1.807, 2.05) is 0 Å². The van der Waals surface area contributed by atoms with Crippen molar-refractivity contribution in [3.8, 4) is 0 Å². The van der Waals surface area contributed by atoms with Crippen LogP contribution in [0.4, 0.5) is 0 Å². The van der Waals surface area contributed by atoms with Crippen LogP contribution in [-0.2, 0) is 9.53 Å². The number of nitrogens with zero attached hydrogens (tertiary/aromatic N) is 5. The second-order valence-corrected chi connectivity index (χ2v) is 5.89. The number of ether oxygens (including phenoxy) is 1. The van der Waals surface area contributed by atoms with Crippen molar-refractivity contribution < 1.29 is 14.3 Å². The van der Waals surface area contributed by atoms with Crippen LogP contribution in [0.5, 0.6) is 0 Å². The number of hydrogen-bond acceptors (Lipinski definition) is 5. The van der Waals surface area contributed by atoms with E-state index in [-0.39, 0.29) is 24.0 Å². The summed E-state index contributed by atoms with van der Waals surface area (Å²) in [4.78, 5) is 36.4. The van der Waals surface area contributed by atoms with Gasteiger partial charge in [0.15, 0.2) is 0 Å². The fourth-order valence-corrected chi connectivity index (χ4v) is 3.21. The van der Waals surface area contributed by atoms with Crippen molar-refractivity contribution in [1.82, 2.24) is 24.2 Å². The summed E-state index contributed by atoms with van der Waals surface area (Å²) >= 11 is 0. The van der Waals surface area contributed by atoms with Crippen LogP contribution < -0.4 is 0 Å². The van der Waals surface area contributed by atoms with Gasteiger partial charge in [0, 0.05) is 38.7 Å². The van der Waals surface area contributed by atoms with E-state index in [1.165, 1.54) is 0 Å². The molecule has 2 aromatic heterocycles. The Morgan fingerprint density at radius 1 is 1.39 bits per heavy atom. The molecule has 2 aromatic rings. The molecule has 0 aliphatic carbocycles. The van der Waals surface area contributed by atoms with Crippen LogP contribution in [0.2, 0.25) is 0 Å². The minimum atomic E-state index is -0.159. The zero-order valence-electron chi connectivity index (χ0n) is 12.8. The van der Waals surface area contributed by atoms with Crippen molar-refractivity contribution in [2.75, 3.05) is 26.7 Å². The van der Waals surface area contributed by atoms with Crippen LogP contribution in [0.1, 0.15) is 16.9 Å². The number of likely N-dealkylation sites (tertiary alicyclic amines) is 1. The van der Waals surface area contributed by atoms with Crippen molar-refractivity contribution in [3.05, 3.63) is 30.4 Å². The largest absolute Gasteiger partial charge is 0.374 e. The van der Waals surface area contributed by atoms with Crippen LogP contribution in [0, 0.1) is 0 Å². The van der Waals surface area contributed by atoms with E-state index in [2.05, 4.69) is 9.97 Å². The van der Waals surface area contributed by atoms with E-state index >= 15 is 0 Å². The number of aromatic nitrogens is 3. The van der Waals surface area contributed by atoms with Crippen molar-refractivity contribution in [3.63, 3.8) is 0 Å². The molecule has 0 aromatic carbocycles. The highest BCUT2D eigenvalue weighted by atomic mass is 16.5. The molecule has 120 valence electrons. The Morgan fingerprint density at radius 2 is 2.26 bits per heavy atom. The lowest BCUT2D eigenvalue weighted by Crippen LogP contribution is -2.43. The highest BCUT2D eigenvalue weighted by molar-refractivity contribution is 5.93. The monoisotopic (exact) mass is 315 g/mol. The van der Waals surface area contributed by atoms with Gasteiger partial charge in [0.1, 0.15) is 5.69 Å². The standard InChI is InChI=1S/C15H17N5O3/c1-18-11-8-20(9-12(11)23-6-3-13(18)21)14(22)10-7-19-5-2-4-16-15(19)17-10/h2,4-5,7,11-12H,3,6,8-9H2,1H3/t11-,12-/m0/s1. The first-order valence-electron chi connectivity index (χ1n) is 7.60. The van der Waals surface area contributed by atoms with Crippen molar-refractivity contribution in [2.45, 2.75) is 18.6 Å². The molecular formula is C15H17N5O3. The fourth-order valence-electron chi connectivity index (χ4n) is 3.21. The quantitative estimate of drug-likeness (QED) is 0.728. The normalized spacial score (nSPS) is 24.8. The molecule has 0 radical (unpaired) electrons. The molecule has 2 amide bonds. The fraction of sp³-hybridized carbons (Fsp3) is 0.467. The second kappa shape index (κ2) is 5.31. The molecule has 2 aliphatic heterocycles. The maximum atomic E-state index is 12.7. The number of amides is 2. The summed E-state index contributed by atoms with van der Waals surface area (Å²) in [6.45, 7) is 1.35. The molecule has 0 saturated carbocycles. The zero-order valence-corrected chi connectivity index (χ0v) is 12.8. The summed E-state index contributed by atoms with van der Waals surface area (Å²) in [5.41, 5.74) is 0.356. The predicted octanol–water partition coefficient (Wildman–Crippen LogP) is -0.199. The van der Waals surface area contributed by atoms with Crippen LogP contribution >= 0.6 is 0 Å². The molecule has 0 unspecified atom stereocenters. The second-order valence-electron chi connectivity index (χ2n) is 5.89. The van der Waals surface area contributed by atoms with Crippen LogP contribution in [0.15, 0.2) is 24.7 Å². The van der Waals surface area contributed by atoms with Crippen molar-refractivity contribution >= 4 is 17.6 Å². The summed E-state index contributed by atoms with van der Waals surface area (Å²) in [5, 5.41) is 0. The molecule has 4 rings (SSSR count). The van der Waals surface area contributed by atoms with Gasteiger partial charge in [-0.05, 0) is 6.07 Å². The first kappa shape index (κ1) is 14.1. The van der Waals surface area contributed by atoms with Crippen LogP contribution in [0.25, 0.3) is 5.78 Å². The molecule has 0 N–H and O–H groups in total. The molecule has 23 heavy (non-hydrogen) atoms.